The second kappa shape index (κ2) is 7.27. The minimum atomic E-state index is -0.433. The van der Waals surface area contributed by atoms with Crippen molar-refractivity contribution in [3.8, 4) is 0 Å². The van der Waals surface area contributed by atoms with Crippen LogP contribution in [0.1, 0.15) is 92.1 Å². The van der Waals surface area contributed by atoms with Crippen LogP contribution in [0.3, 0.4) is 0 Å². The fourth-order valence-electron chi connectivity index (χ4n) is 3.55. The van der Waals surface area contributed by atoms with E-state index in [1.165, 1.54) is 18.2 Å². The smallest absolute Gasteiger partial charge is 0.195 e. The van der Waals surface area contributed by atoms with Gasteiger partial charge in [-0.3, -0.25) is 19.2 Å². The molecule has 0 spiro atoms. The summed E-state index contributed by atoms with van der Waals surface area (Å²) in [6.45, 7) is 3.74. The van der Waals surface area contributed by atoms with E-state index in [0.29, 0.717) is 19.3 Å². The lowest BCUT2D eigenvalue weighted by atomic mass is 9.78. The third-order valence-corrected chi connectivity index (χ3v) is 4.78. The van der Waals surface area contributed by atoms with E-state index in [-0.39, 0.29) is 57.1 Å². The molecule has 0 saturated heterocycles. The molecule has 5 heteroatoms. The molecule has 0 radical (unpaired) electrons. The molecule has 0 saturated carbocycles. The number of anilines is 1. The van der Waals surface area contributed by atoms with Gasteiger partial charge in [0.15, 0.2) is 23.1 Å². The minimum Gasteiger partial charge on any atom is -0.398 e. The normalized spacial score (nSPS) is 12.5. The van der Waals surface area contributed by atoms with Crippen molar-refractivity contribution in [1.82, 2.24) is 0 Å². The minimum absolute atomic E-state index is 0.0611. The van der Waals surface area contributed by atoms with E-state index in [0.717, 1.165) is 0 Å². The largest absolute Gasteiger partial charge is 0.398 e. The molecular weight excluding hydrogens is 342 g/mol. The molecule has 1 aliphatic rings. The average Bonchev–Trinajstić information content (AvgIpc) is 2.65. The first kappa shape index (κ1) is 18.7. The number of Topliss-reactive ketones (excluding diaryl/α,β-unsaturated/α-hetero) is 2. The monoisotopic (exact) mass is 363 g/mol. The fraction of sp³-hybridized carbons (Fsp3) is 0.273. The number of hydrogen-bond donors (Lipinski definition) is 1. The Morgan fingerprint density at radius 3 is 2.07 bits per heavy atom. The Morgan fingerprint density at radius 2 is 1.41 bits per heavy atom. The Bertz CT molecular complexity index is 988. The Kier molecular flexibility index (Phi) is 5.04. The van der Waals surface area contributed by atoms with Crippen molar-refractivity contribution in [2.45, 2.75) is 39.5 Å². The number of rotatable bonds is 6. The highest BCUT2D eigenvalue weighted by atomic mass is 16.1. The molecule has 2 N–H and O–H groups in total. The molecule has 2 aromatic rings. The summed E-state index contributed by atoms with van der Waals surface area (Å²) in [7, 11) is 0. The highest BCUT2D eigenvalue weighted by molar-refractivity contribution is 6.33. The summed E-state index contributed by atoms with van der Waals surface area (Å²) in [5.74, 6) is -1.27. The van der Waals surface area contributed by atoms with Gasteiger partial charge in [0.2, 0.25) is 0 Å². The van der Waals surface area contributed by atoms with Gasteiger partial charge in [0.05, 0.1) is 5.56 Å². The highest BCUT2D eigenvalue weighted by Crippen LogP contribution is 2.34. The predicted molar refractivity (Wildman–Crippen MR) is 103 cm³/mol. The third kappa shape index (κ3) is 2.99. The lowest BCUT2D eigenvalue weighted by Crippen LogP contribution is -2.27. The molecule has 2 aromatic carbocycles. The van der Waals surface area contributed by atoms with Gasteiger partial charge in [0.25, 0.3) is 0 Å². The fourth-order valence-corrected chi connectivity index (χ4v) is 3.55. The van der Waals surface area contributed by atoms with E-state index < -0.39 is 11.6 Å². The number of nitrogens with two attached hydrogens (primary N) is 1. The number of carbonyl (C=O) groups is 4. The van der Waals surface area contributed by atoms with Crippen LogP contribution >= 0.6 is 0 Å². The zero-order chi connectivity index (χ0) is 19.7. The summed E-state index contributed by atoms with van der Waals surface area (Å²) in [5, 5.41) is 0. The lowest BCUT2D eigenvalue weighted by Gasteiger charge is -2.22. The Morgan fingerprint density at radius 1 is 0.815 bits per heavy atom. The average molecular weight is 363 g/mol. The van der Waals surface area contributed by atoms with E-state index >= 15 is 0 Å². The van der Waals surface area contributed by atoms with Crippen LogP contribution in [-0.2, 0) is 0 Å². The molecule has 0 unspecified atom stereocenters. The second-order valence-corrected chi connectivity index (χ2v) is 6.69. The van der Waals surface area contributed by atoms with Crippen LogP contribution in [0, 0.1) is 0 Å². The van der Waals surface area contributed by atoms with E-state index in [9.17, 15) is 19.2 Å². The van der Waals surface area contributed by atoms with Gasteiger partial charge < -0.3 is 5.73 Å². The summed E-state index contributed by atoms with van der Waals surface area (Å²) in [6.07, 6.45) is 1.79. The SMILES string of the molecule is CCCC(=O)c1cccc2c1C(=O)c1ccc(N)c(C(=O)CCC)c1C2=O. The topological polar surface area (TPSA) is 94.3 Å². The van der Waals surface area contributed by atoms with Gasteiger partial charge in [-0.1, -0.05) is 32.0 Å². The van der Waals surface area contributed by atoms with E-state index in [1.807, 2.05) is 13.8 Å². The van der Waals surface area contributed by atoms with Crippen LogP contribution in [0.2, 0.25) is 0 Å². The first-order valence-electron chi connectivity index (χ1n) is 9.13. The first-order chi connectivity index (χ1) is 12.9. The molecule has 0 aromatic heterocycles. The molecule has 3 rings (SSSR count). The van der Waals surface area contributed by atoms with Crippen LogP contribution in [0.25, 0.3) is 0 Å². The maximum Gasteiger partial charge on any atom is 0.195 e. The molecule has 5 nitrogen and oxygen atoms in total. The van der Waals surface area contributed by atoms with Crippen molar-refractivity contribution in [3.05, 3.63) is 63.7 Å². The molecule has 27 heavy (non-hydrogen) atoms. The number of hydrogen-bond acceptors (Lipinski definition) is 5. The van der Waals surface area contributed by atoms with Gasteiger partial charge >= 0.3 is 0 Å². The first-order valence-corrected chi connectivity index (χ1v) is 9.13. The molecule has 0 bridgehead atoms. The second-order valence-electron chi connectivity index (χ2n) is 6.69. The number of ketones is 4. The summed E-state index contributed by atoms with van der Waals surface area (Å²) in [6, 6.07) is 7.65. The standard InChI is InChI=1S/C22H21NO4/c1-3-6-16(24)12-8-5-9-13-18(12)21(26)14-10-11-15(23)20(17(25)7-4-2)19(14)22(13)27/h5,8-11H,3-4,6-7,23H2,1-2H3. The number of benzene rings is 2. The summed E-state index contributed by atoms with van der Waals surface area (Å²) in [5.41, 5.74) is 7.04. The predicted octanol–water partition coefficient (Wildman–Crippen LogP) is 4.01. The number of carbonyl (C=O) groups excluding carboxylic acids is 4. The van der Waals surface area contributed by atoms with Crippen molar-refractivity contribution < 1.29 is 19.2 Å². The molecule has 1 aliphatic carbocycles. The number of nitrogen functional groups attached to an aromatic ring is 1. The van der Waals surface area contributed by atoms with Crippen LogP contribution in [0.4, 0.5) is 5.69 Å². The summed E-state index contributed by atoms with van der Waals surface area (Å²) >= 11 is 0. The zero-order valence-electron chi connectivity index (χ0n) is 15.4. The van der Waals surface area contributed by atoms with E-state index in [4.69, 9.17) is 5.73 Å². The third-order valence-electron chi connectivity index (χ3n) is 4.78. The van der Waals surface area contributed by atoms with Gasteiger partial charge in [-0.25, -0.2) is 0 Å². The van der Waals surface area contributed by atoms with Crippen molar-refractivity contribution in [2.75, 3.05) is 5.73 Å². The number of fused-ring (bicyclic) bond motifs is 2. The quantitative estimate of drug-likeness (QED) is 0.527. The van der Waals surface area contributed by atoms with Gasteiger partial charge in [-0.2, -0.15) is 0 Å². The van der Waals surface area contributed by atoms with Gasteiger partial charge in [0, 0.05) is 46.3 Å². The Balaban J connectivity index is 2.26. The van der Waals surface area contributed by atoms with Crippen LogP contribution in [0.5, 0.6) is 0 Å². The van der Waals surface area contributed by atoms with E-state index in [2.05, 4.69) is 0 Å². The lowest BCUT2D eigenvalue weighted by molar-refractivity contribution is 0.0945. The van der Waals surface area contributed by atoms with Crippen LogP contribution in [0.15, 0.2) is 30.3 Å². The molecule has 0 aliphatic heterocycles. The van der Waals surface area contributed by atoms with Gasteiger partial charge in [-0.05, 0) is 25.0 Å². The molecule has 0 amide bonds. The van der Waals surface area contributed by atoms with Crippen molar-refractivity contribution in [3.63, 3.8) is 0 Å². The summed E-state index contributed by atoms with van der Waals surface area (Å²) < 4.78 is 0. The van der Waals surface area contributed by atoms with Crippen LogP contribution in [-0.4, -0.2) is 23.1 Å². The molecule has 0 fully saturated rings. The van der Waals surface area contributed by atoms with Gasteiger partial charge in [0.1, 0.15) is 0 Å². The van der Waals surface area contributed by atoms with Gasteiger partial charge in [-0.15, -0.1) is 0 Å². The molecule has 0 atom stereocenters. The molecule has 138 valence electrons. The zero-order valence-corrected chi connectivity index (χ0v) is 15.4. The van der Waals surface area contributed by atoms with Crippen molar-refractivity contribution >= 4 is 28.8 Å². The maximum atomic E-state index is 13.2. The molecule has 0 heterocycles. The molecular formula is C22H21NO4. The van der Waals surface area contributed by atoms with Crippen molar-refractivity contribution in [2.24, 2.45) is 0 Å². The van der Waals surface area contributed by atoms with Crippen LogP contribution < -0.4 is 5.73 Å². The summed E-state index contributed by atoms with van der Waals surface area (Å²) in [4.78, 5) is 51.4. The Labute approximate surface area is 157 Å². The van der Waals surface area contributed by atoms with Crippen molar-refractivity contribution in [1.29, 1.82) is 0 Å². The maximum absolute atomic E-state index is 13.2. The Hall–Kier alpha value is -3.08. The van der Waals surface area contributed by atoms with E-state index in [1.54, 1.807) is 12.1 Å². The highest BCUT2D eigenvalue weighted by Gasteiger charge is 2.36.